The van der Waals surface area contributed by atoms with E-state index in [-0.39, 0.29) is 5.82 Å². The van der Waals surface area contributed by atoms with Crippen LogP contribution in [0.25, 0.3) is 55.6 Å². The number of likely N-dealkylation sites (N-methyl/N-ethyl adjacent to an activating group) is 1. The van der Waals surface area contributed by atoms with Crippen LogP contribution in [-0.2, 0) is 0 Å². The van der Waals surface area contributed by atoms with E-state index in [1.54, 1.807) is 24.7 Å². The molecule has 0 aliphatic carbocycles. The molecule has 2 aromatic carbocycles. The molecule has 0 saturated heterocycles. The second-order valence-electron chi connectivity index (χ2n) is 9.60. The van der Waals surface area contributed by atoms with Crippen molar-refractivity contribution in [3.05, 3.63) is 79.0 Å². The molecule has 0 bridgehead atoms. The summed E-state index contributed by atoms with van der Waals surface area (Å²) >= 11 is 0. The van der Waals surface area contributed by atoms with Crippen LogP contribution in [0.3, 0.4) is 0 Å². The Morgan fingerprint density at radius 2 is 1.84 bits per heavy atom. The first kappa shape index (κ1) is 23.6. The third-order valence-electron chi connectivity index (χ3n) is 6.52. The largest absolute Gasteiger partial charge is 0.397 e. The summed E-state index contributed by atoms with van der Waals surface area (Å²) in [5.41, 5.74) is 14.0. The first-order valence-electron chi connectivity index (χ1n) is 12.3. The maximum Gasteiger partial charge on any atom is 0.125 e. The summed E-state index contributed by atoms with van der Waals surface area (Å²) in [7, 11) is 4.02. The second-order valence-corrected chi connectivity index (χ2v) is 9.60. The van der Waals surface area contributed by atoms with E-state index in [0.29, 0.717) is 5.69 Å². The first-order valence-corrected chi connectivity index (χ1v) is 12.3. The normalized spacial score (nSPS) is 11.6. The van der Waals surface area contributed by atoms with E-state index >= 15 is 0 Å². The number of aromatic nitrogens is 5. The molecule has 0 aliphatic heterocycles. The number of nitrogens with zero attached hydrogens (tertiary/aromatic N) is 4. The highest BCUT2D eigenvalue weighted by Gasteiger charge is 2.15. The van der Waals surface area contributed by atoms with Crippen LogP contribution in [0.1, 0.15) is 0 Å². The Morgan fingerprint density at radius 3 is 2.68 bits per heavy atom. The Morgan fingerprint density at radius 1 is 0.947 bits per heavy atom. The zero-order chi connectivity index (χ0) is 26.2. The Labute approximate surface area is 218 Å². The topological polar surface area (TPSA) is 112 Å². The van der Waals surface area contributed by atoms with Gasteiger partial charge in [0.15, 0.2) is 0 Å². The summed E-state index contributed by atoms with van der Waals surface area (Å²) < 4.78 is 14.6. The standard InChI is InChI=1S/C29H27FN8/c1-38(2)7-6-33-21-10-17(8-19(30)11-21)22-4-3-5-25-23(22)12-27(35-25)29-24-13-26(34-16-28(24)36-37-29)18-9-20(31)15-32-14-18/h3-5,8-16,33,35H,6-7,31H2,1-2H3,(H,36,37). The summed E-state index contributed by atoms with van der Waals surface area (Å²) in [6.45, 7) is 1.58. The number of H-pyrrole nitrogens is 2. The number of nitrogens with one attached hydrogen (secondary N) is 3. The SMILES string of the molecule is CN(C)CCNc1cc(F)cc(-c2cccc3[nH]c(-c4n[nH]c5cnc(-c6cncc(N)c6)cc45)cc23)c1. The number of nitrogen functional groups attached to an aromatic ring is 1. The molecule has 0 spiro atoms. The molecule has 4 aromatic heterocycles. The van der Waals surface area contributed by atoms with Crippen LogP contribution in [-0.4, -0.2) is 57.2 Å². The van der Waals surface area contributed by atoms with Crippen molar-refractivity contribution >= 4 is 33.2 Å². The van der Waals surface area contributed by atoms with Gasteiger partial charge in [0.25, 0.3) is 0 Å². The van der Waals surface area contributed by atoms with Crippen molar-refractivity contribution < 1.29 is 4.39 Å². The fourth-order valence-electron chi connectivity index (χ4n) is 4.68. The highest BCUT2D eigenvalue weighted by Crippen LogP contribution is 2.36. The number of benzene rings is 2. The fraction of sp³-hybridized carbons (Fsp3) is 0.138. The quantitative estimate of drug-likeness (QED) is 0.227. The van der Waals surface area contributed by atoms with Crippen LogP contribution in [0.15, 0.2) is 73.2 Å². The number of hydrogen-bond donors (Lipinski definition) is 4. The van der Waals surface area contributed by atoms with E-state index in [2.05, 4.69) is 41.4 Å². The number of hydrogen-bond acceptors (Lipinski definition) is 6. The number of anilines is 2. The van der Waals surface area contributed by atoms with Crippen LogP contribution in [0.5, 0.6) is 0 Å². The van der Waals surface area contributed by atoms with Crippen LogP contribution >= 0.6 is 0 Å². The molecule has 0 radical (unpaired) electrons. The zero-order valence-corrected chi connectivity index (χ0v) is 21.1. The van der Waals surface area contributed by atoms with Gasteiger partial charge in [-0.15, -0.1) is 0 Å². The average molecular weight is 507 g/mol. The van der Waals surface area contributed by atoms with E-state index in [1.807, 2.05) is 50.5 Å². The lowest BCUT2D eigenvalue weighted by Gasteiger charge is -2.13. The van der Waals surface area contributed by atoms with Crippen LogP contribution in [0, 0.1) is 5.82 Å². The van der Waals surface area contributed by atoms with Crippen molar-refractivity contribution in [1.29, 1.82) is 0 Å². The van der Waals surface area contributed by atoms with Gasteiger partial charge < -0.3 is 20.9 Å². The molecule has 38 heavy (non-hydrogen) atoms. The van der Waals surface area contributed by atoms with Crippen LogP contribution < -0.4 is 11.1 Å². The summed E-state index contributed by atoms with van der Waals surface area (Å²) in [5.74, 6) is -0.281. The van der Waals surface area contributed by atoms with Gasteiger partial charge in [0.2, 0.25) is 0 Å². The lowest BCUT2D eigenvalue weighted by atomic mass is 10.0. The molecule has 0 amide bonds. The molecule has 0 unspecified atom stereocenters. The number of aromatic amines is 2. The summed E-state index contributed by atoms with van der Waals surface area (Å²) in [5, 5.41) is 12.9. The predicted molar refractivity (Wildman–Crippen MR) is 151 cm³/mol. The highest BCUT2D eigenvalue weighted by molar-refractivity contribution is 6.01. The van der Waals surface area contributed by atoms with Gasteiger partial charge in [0.05, 0.1) is 28.8 Å². The second kappa shape index (κ2) is 9.60. The molecule has 9 heteroatoms. The van der Waals surface area contributed by atoms with Crippen molar-refractivity contribution in [2.45, 2.75) is 0 Å². The summed E-state index contributed by atoms with van der Waals surface area (Å²) in [6, 6.07) is 17.0. The van der Waals surface area contributed by atoms with Gasteiger partial charge in [-0.05, 0) is 67.7 Å². The molecule has 0 aliphatic rings. The average Bonchev–Trinajstić information content (AvgIpc) is 3.51. The molecule has 4 heterocycles. The van der Waals surface area contributed by atoms with Crippen molar-refractivity contribution in [2.24, 2.45) is 0 Å². The van der Waals surface area contributed by atoms with Gasteiger partial charge in [-0.1, -0.05) is 12.1 Å². The number of rotatable bonds is 7. The number of nitrogens with two attached hydrogens (primary N) is 1. The number of fused-ring (bicyclic) bond motifs is 2. The maximum atomic E-state index is 14.6. The molecule has 8 nitrogen and oxygen atoms in total. The highest BCUT2D eigenvalue weighted by atomic mass is 19.1. The van der Waals surface area contributed by atoms with Gasteiger partial charge in [0.1, 0.15) is 11.5 Å². The van der Waals surface area contributed by atoms with Crippen molar-refractivity contribution in [1.82, 2.24) is 30.0 Å². The number of pyridine rings is 2. The van der Waals surface area contributed by atoms with Crippen LogP contribution in [0.2, 0.25) is 0 Å². The minimum atomic E-state index is -0.281. The third-order valence-corrected chi connectivity index (χ3v) is 6.52. The van der Waals surface area contributed by atoms with E-state index in [1.165, 1.54) is 6.07 Å². The summed E-state index contributed by atoms with van der Waals surface area (Å²) in [6.07, 6.45) is 5.10. The molecule has 6 rings (SSSR count). The lowest BCUT2D eigenvalue weighted by Crippen LogP contribution is -2.20. The molecule has 5 N–H and O–H groups in total. The maximum absolute atomic E-state index is 14.6. The monoisotopic (exact) mass is 506 g/mol. The minimum Gasteiger partial charge on any atom is -0.397 e. The van der Waals surface area contributed by atoms with Gasteiger partial charge in [0, 0.05) is 53.0 Å². The third kappa shape index (κ3) is 4.55. The Hall–Kier alpha value is -4.76. The van der Waals surface area contributed by atoms with Crippen molar-refractivity contribution in [3.63, 3.8) is 0 Å². The smallest absolute Gasteiger partial charge is 0.125 e. The number of halogens is 1. The predicted octanol–water partition coefficient (Wildman–Crippen LogP) is 5.53. The van der Waals surface area contributed by atoms with Gasteiger partial charge >= 0.3 is 0 Å². The molecule has 190 valence electrons. The fourth-order valence-corrected chi connectivity index (χ4v) is 4.68. The zero-order valence-electron chi connectivity index (χ0n) is 21.1. The van der Waals surface area contributed by atoms with Gasteiger partial charge in [-0.2, -0.15) is 5.10 Å². The molecular formula is C29H27FN8. The Balaban J connectivity index is 1.40. The molecular weight excluding hydrogens is 479 g/mol. The minimum absolute atomic E-state index is 0.281. The van der Waals surface area contributed by atoms with E-state index in [0.717, 1.165) is 74.4 Å². The summed E-state index contributed by atoms with van der Waals surface area (Å²) in [4.78, 5) is 14.3. The lowest BCUT2D eigenvalue weighted by molar-refractivity contribution is 0.425. The first-order chi connectivity index (χ1) is 18.4. The van der Waals surface area contributed by atoms with Crippen molar-refractivity contribution in [2.75, 3.05) is 38.2 Å². The van der Waals surface area contributed by atoms with E-state index in [9.17, 15) is 4.39 Å². The molecule has 6 aromatic rings. The van der Waals surface area contributed by atoms with E-state index in [4.69, 9.17) is 5.73 Å². The molecule has 0 saturated carbocycles. The molecule has 0 fully saturated rings. The van der Waals surface area contributed by atoms with Crippen LogP contribution in [0.4, 0.5) is 15.8 Å². The van der Waals surface area contributed by atoms with E-state index < -0.39 is 0 Å². The van der Waals surface area contributed by atoms with Crippen molar-refractivity contribution in [3.8, 4) is 33.8 Å². The Bertz CT molecular complexity index is 1770. The van der Waals surface area contributed by atoms with Gasteiger partial charge in [-0.3, -0.25) is 15.1 Å². The Kier molecular flexibility index (Phi) is 5.97. The molecule has 0 atom stereocenters. The van der Waals surface area contributed by atoms with Gasteiger partial charge in [-0.25, -0.2) is 4.39 Å².